The number of para-hydroxylation sites is 1. The maximum Gasteiger partial charge on any atom is 0.242 e. The van der Waals surface area contributed by atoms with E-state index in [0.29, 0.717) is 21.8 Å². The summed E-state index contributed by atoms with van der Waals surface area (Å²) in [6.45, 7) is 4.23. The predicted octanol–water partition coefficient (Wildman–Crippen LogP) is 6.14. The van der Waals surface area contributed by atoms with Crippen molar-refractivity contribution in [3.8, 4) is 5.75 Å². The number of nitrogens with zero attached hydrogens (tertiary/aromatic N) is 3. The number of aryl methyl sites for hydroxylation is 2. The summed E-state index contributed by atoms with van der Waals surface area (Å²) >= 11 is 7.52. The van der Waals surface area contributed by atoms with Gasteiger partial charge in [-0.25, -0.2) is 0 Å². The van der Waals surface area contributed by atoms with Crippen molar-refractivity contribution in [1.29, 1.82) is 0 Å². The zero-order valence-corrected chi connectivity index (χ0v) is 20.7. The number of aromatic nitrogens is 3. The SMILES string of the molecule is Cc1cc(C)cc(NC(=O)C(Sc2nnc(COc3ccccc3Cl)n2C)c2ccccc2)c1. The van der Waals surface area contributed by atoms with E-state index in [9.17, 15) is 4.79 Å². The molecule has 8 heteroatoms. The summed E-state index contributed by atoms with van der Waals surface area (Å²) in [5.74, 6) is 1.08. The molecule has 0 bridgehead atoms. The van der Waals surface area contributed by atoms with E-state index in [2.05, 4.69) is 21.6 Å². The van der Waals surface area contributed by atoms with Crippen molar-refractivity contribution in [3.63, 3.8) is 0 Å². The Hall–Kier alpha value is -3.29. The Morgan fingerprint density at radius 2 is 1.71 bits per heavy atom. The summed E-state index contributed by atoms with van der Waals surface area (Å²) in [6, 6.07) is 22.9. The van der Waals surface area contributed by atoms with Gasteiger partial charge in [-0.05, 0) is 54.8 Å². The van der Waals surface area contributed by atoms with Crippen LogP contribution in [0, 0.1) is 13.8 Å². The molecule has 0 aliphatic carbocycles. The van der Waals surface area contributed by atoms with Gasteiger partial charge in [-0.3, -0.25) is 4.79 Å². The lowest BCUT2D eigenvalue weighted by atomic mass is 10.1. The smallest absolute Gasteiger partial charge is 0.242 e. The van der Waals surface area contributed by atoms with Gasteiger partial charge in [-0.1, -0.05) is 71.9 Å². The quantitative estimate of drug-likeness (QED) is 0.299. The molecule has 1 atom stereocenters. The van der Waals surface area contributed by atoms with E-state index in [1.165, 1.54) is 11.8 Å². The van der Waals surface area contributed by atoms with Crippen LogP contribution in [0.1, 0.15) is 27.8 Å². The second kappa shape index (κ2) is 10.8. The number of nitrogens with one attached hydrogen (secondary N) is 1. The Morgan fingerprint density at radius 1 is 1.03 bits per heavy atom. The van der Waals surface area contributed by atoms with Gasteiger partial charge >= 0.3 is 0 Å². The Kier molecular flexibility index (Phi) is 7.55. The van der Waals surface area contributed by atoms with Crippen molar-refractivity contribution in [3.05, 3.63) is 100 Å². The Balaban J connectivity index is 1.54. The largest absolute Gasteiger partial charge is 0.484 e. The average Bonchev–Trinajstić information content (AvgIpc) is 3.15. The van der Waals surface area contributed by atoms with Crippen LogP contribution in [0.25, 0.3) is 0 Å². The second-order valence-corrected chi connectivity index (χ2v) is 9.43. The topological polar surface area (TPSA) is 69.0 Å². The first kappa shape index (κ1) is 23.9. The molecule has 174 valence electrons. The highest BCUT2D eigenvalue weighted by Gasteiger charge is 2.25. The molecule has 1 unspecified atom stereocenters. The molecule has 0 radical (unpaired) electrons. The maximum atomic E-state index is 13.4. The summed E-state index contributed by atoms with van der Waals surface area (Å²) in [5.41, 5.74) is 3.84. The van der Waals surface area contributed by atoms with Crippen LogP contribution in [-0.2, 0) is 18.4 Å². The van der Waals surface area contributed by atoms with Gasteiger partial charge in [-0.2, -0.15) is 0 Å². The molecular formula is C26H25ClN4O2S. The molecule has 1 amide bonds. The number of benzene rings is 3. The Morgan fingerprint density at radius 3 is 2.41 bits per heavy atom. The molecule has 0 aliphatic heterocycles. The van der Waals surface area contributed by atoms with Crippen LogP contribution in [0.4, 0.5) is 5.69 Å². The second-order valence-electron chi connectivity index (χ2n) is 7.95. The average molecular weight is 493 g/mol. The van der Waals surface area contributed by atoms with Gasteiger partial charge in [0.05, 0.1) is 5.02 Å². The number of rotatable bonds is 8. The minimum Gasteiger partial charge on any atom is -0.484 e. The molecule has 3 aromatic carbocycles. The first-order chi connectivity index (χ1) is 16.4. The molecule has 4 rings (SSSR count). The monoisotopic (exact) mass is 492 g/mol. The van der Waals surface area contributed by atoms with Gasteiger partial charge in [0.1, 0.15) is 17.6 Å². The maximum absolute atomic E-state index is 13.4. The van der Waals surface area contributed by atoms with E-state index in [4.69, 9.17) is 16.3 Å². The highest BCUT2D eigenvalue weighted by molar-refractivity contribution is 8.00. The fraction of sp³-hybridized carbons (Fsp3) is 0.192. The molecule has 34 heavy (non-hydrogen) atoms. The molecule has 0 fully saturated rings. The summed E-state index contributed by atoms with van der Waals surface area (Å²) < 4.78 is 7.65. The summed E-state index contributed by atoms with van der Waals surface area (Å²) in [5, 5.41) is 12.3. The molecule has 1 heterocycles. The molecule has 1 N–H and O–H groups in total. The lowest BCUT2D eigenvalue weighted by Crippen LogP contribution is -2.19. The standard InChI is InChI=1S/C26H25ClN4O2S/c1-17-13-18(2)15-20(14-17)28-25(32)24(19-9-5-4-6-10-19)34-26-30-29-23(31(26)3)16-33-22-12-8-7-11-21(22)27/h4-15,24H,16H2,1-3H3,(H,28,32). The molecule has 0 aliphatic rings. The Bertz CT molecular complexity index is 1270. The lowest BCUT2D eigenvalue weighted by Gasteiger charge is -2.17. The van der Waals surface area contributed by atoms with Crippen LogP contribution < -0.4 is 10.1 Å². The number of hydrogen-bond donors (Lipinski definition) is 1. The zero-order valence-electron chi connectivity index (χ0n) is 19.2. The molecule has 4 aromatic rings. The van der Waals surface area contributed by atoms with Crippen LogP contribution in [0.2, 0.25) is 5.02 Å². The van der Waals surface area contributed by atoms with Crippen molar-refractivity contribution in [2.75, 3.05) is 5.32 Å². The van der Waals surface area contributed by atoms with Gasteiger partial charge in [-0.15, -0.1) is 10.2 Å². The predicted molar refractivity (Wildman–Crippen MR) is 136 cm³/mol. The third-order valence-corrected chi connectivity index (χ3v) is 6.77. The van der Waals surface area contributed by atoms with Crippen molar-refractivity contribution < 1.29 is 9.53 Å². The van der Waals surface area contributed by atoms with Gasteiger partial charge in [0.15, 0.2) is 11.0 Å². The van der Waals surface area contributed by atoms with Gasteiger partial charge < -0.3 is 14.6 Å². The number of anilines is 1. The fourth-order valence-electron chi connectivity index (χ4n) is 3.54. The van der Waals surface area contributed by atoms with E-state index < -0.39 is 5.25 Å². The molecular weight excluding hydrogens is 468 g/mol. The number of carbonyl (C=O) groups is 1. The van der Waals surface area contributed by atoms with Gasteiger partial charge in [0.25, 0.3) is 0 Å². The van der Waals surface area contributed by atoms with E-state index >= 15 is 0 Å². The molecule has 1 aromatic heterocycles. The van der Waals surface area contributed by atoms with Crippen LogP contribution in [-0.4, -0.2) is 20.7 Å². The molecule has 0 spiro atoms. The lowest BCUT2D eigenvalue weighted by molar-refractivity contribution is -0.115. The highest BCUT2D eigenvalue weighted by Crippen LogP contribution is 2.35. The van der Waals surface area contributed by atoms with Crippen LogP contribution in [0.15, 0.2) is 78.0 Å². The van der Waals surface area contributed by atoms with Crippen LogP contribution in [0.3, 0.4) is 0 Å². The van der Waals surface area contributed by atoms with E-state index in [-0.39, 0.29) is 12.5 Å². The van der Waals surface area contributed by atoms with Crippen molar-refractivity contribution in [2.45, 2.75) is 30.9 Å². The molecule has 0 saturated carbocycles. The molecule has 6 nitrogen and oxygen atoms in total. The van der Waals surface area contributed by atoms with Crippen LogP contribution in [0.5, 0.6) is 5.75 Å². The third kappa shape index (κ3) is 5.79. The fourth-order valence-corrected chi connectivity index (χ4v) is 4.75. The van der Waals surface area contributed by atoms with Gasteiger partial charge in [0.2, 0.25) is 5.91 Å². The first-order valence-electron chi connectivity index (χ1n) is 10.8. The highest BCUT2D eigenvalue weighted by atomic mass is 35.5. The molecule has 0 saturated heterocycles. The number of hydrogen-bond acceptors (Lipinski definition) is 5. The normalized spacial score (nSPS) is 11.8. The van der Waals surface area contributed by atoms with Crippen molar-refractivity contribution >= 4 is 35.0 Å². The van der Waals surface area contributed by atoms with Crippen molar-refractivity contribution in [2.24, 2.45) is 7.05 Å². The number of carbonyl (C=O) groups excluding carboxylic acids is 1. The number of halogens is 1. The number of amides is 1. The minimum atomic E-state index is -0.512. The number of ether oxygens (including phenoxy) is 1. The third-order valence-electron chi connectivity index (χ3n) is 5.17. The van der Waals surface area contributed by atoms with E-state index in [1.807, 2.05) is 80.1 Å². The van der Waals surface area contributed by atoms with Crippen molar-refractivity contribution in [1.82, 2.24) is 14.8 Å². The first-order valence-corrected chi connectivity index (χ1v) is 12.0. The Labute approximate surface area is 208 Å². The summed E-state index contributed by atoms with van der Waals surface area (Å²) in [7, 11) is 1.86. The van der Waals surface area contributed by atoms with E-state index in [1.54, 1.807) is 12.1 Å². The summed E-state index contributed by atoms with van der Waals surface area (Å²) in [6.07, 6.45) is 0. The minimum absolute atomic E-state index is 0.127. The zero-order chi connectivity index (χ0) is 24.1. The van der Waals surface area contributed by atoms with Gasteiger partial charge in [0, 0.05) is 12.7 Å². The van der Waals surface area contributed by atoms with E-state index in [0.717, 1.165) is 22.4 Å². The van der Waals surface area contributed by atoms with Crippen LogP contribution >= 0.6 is 23.4 Å². The summed E-state index contributed by atoms with van der Waals surface area (Å²) in [4.78, 5) is 13.4. The number of thioether (sulfide) groups is 1.